The molecule has 0 unspecified atom stereocenters. The molecule has 0 aromatic heterocycles. The maximum atomic E-state index is 13.0. The molecule has 158 valence electrons. The minimum absolute atomic E-state index is 0.116. The third-order valence-electron chi connectivity index (χ3n) is 6.32. The van der Waals surface area contributed by atoms with E-state index in [1.165, 1.54) is 5.56 Å². The lowest BCUT2D eigenvalue weighted by atomic mass is 9.93. The summed E-state index contributed by atoms with van der Waals surface area (Å²) in [5.74, 6) is 1.34. The van der Waals surface area contributed by atoms with Gasteiger partial charge in [0.2, 0.25) is 5.91 Å². The van der Waals surface area contributed by atoms with E-state index < -0.39 is 0 Å². The minimum Gasteiger partial charge on any atom is -0.490 e. The Hall–Kier alpha value is -2.82. The van der Waals surface area contributed by atoms with Crippen molar-refractivity contribution >= 4 is 17.9 Å². The fourth-order valence-electron chi connectivity index (χ4n) is 4.41. The van der Waals surface area contributed by atoms with Crippen LogP contribution in [0.15, 0.2) is 48.5 Å². The van der Waals surface area contributed by atoms with Gasteiger partial charge in [-0.25, -0.2) is 0 Å². The minimum atomic E-state index is 0.116. The number of amides is 1. The average molecular weight is 407 g/mol. The Morgan fingerprint density at radius 3 is 2.13 bits per heavy atom. The van der Waals surface area contributed by atoms with Crippen LogP contribution in [0.4, 0.5) is 5.69 Å². The lowest BCUT2D eigenvalue weighted by Crippen LogP contribution is -2.47. The molecule has 0 aliphatic carbocycles. The third kappa shape index (κ3) is 4.84. The van der Waals surface area contributed by atoms with Gasteiger partial charge in [-0.05, 0) is 56.2 Å². The number of aryl methyl sites for hydroxylation is 1. The quantitative estimate of drug-likeness (QED) is 0.702. The molecule has 0 radical (unpaired) electrons. The summed E-state index contributed by atoms with van der Waals surface area (Å²) in [7, 11) is 0. The molecule has 0 saturated carbocycles. The first-order valence-corrected chi connectivity index (χ1v) is 10.9. The zero-order valence-electron chi connectivity index (χ0n) is 17.6. The predicted octanol–water partition coefficient (Wildman–Crippen LogP) is 4.09. The number of piperidine rings is 2. The van der Waals surface area contributed by atoms with Crippen LogP contribution >= 0.6 is 0 Å². The first-order valence-electron chi connectivity index (χ1n) is 10.9. The fourth-order valence-corrected chi connectivity index (χ4v) is 4.41. The number of ether oxygens (including phenoxy) is 1. The molecule has 2 aliphatic rings. The fraction of sp³-hybridized carbons (Fsp3) is 0.440. The molecule has 2 saturated heterocycles. The number of anilines is 1. The number of rotatable bonds is 5. The zero-order chi connectivity index (χ0) is 20.9. The zero-order valence-corrected chi connectivity index (χ0v) is 17.6. The van der Waals surface area contributed by atoms with Crippen molar-refractivity contribution in [3.8, 4) is 5.75 Å². The van der Waals surface area contributed by atoms with Crippen molar-refractivity contribution in [1.82, 2.24) is 4.90 Å². The number of benzene rings is 2. The Labute approximate surface area is 178 Å². The highest BCUT2D eigenvalue weighted by Crippen LogP contribution is 2.27. The van der Waals surface area contributed by atoms with Gasteiger partial charge in [-0.3, -0.25) is 9.59 Å². The van der Waals surface area contributed by atoms with Gasteiger partial charge in [0.15, 0.2) is 0 Å². The molecule has 0 atom stereocenters. The van der Waals surface area contributed by atoms with Crippen molar-refractivity contribution in [2.45, 2.75) is 38.7 Å². The average Bonchev–Trinajstić information content (AvgIpc) is 2.81. The van der Waals surface area contributed by atoms with E-state index in [1.807, 2.05) is 41.3 Å². The van der Waals surface area contributed by atoms with Crippen molar-refractivity contribution in [1.29, 1.82) is 0 Å². The number of aldehydes is 1. The molecule has 5 heteroatoms. The Bertz CT molecular complexity index is 847. The van der Waals surface area contributed by atoms with Crippen LogP contribution in [-0.4, -0.2) is 49.4 Å². The van der Waals surface area contributed by atoms with Crippen LogP contribution in [-0.2, 0) is 4.79 Å². The Morgan fingerprint density at radius 1 is 0.900 bits per heavy atom. The number of likely N-dealkylation sites (tertiary alicyclic amines) is 1. The van der Waals surface area contributed by atoms with Crippen molar-refractivity contribution in [3.63, 3.8) is 0 Å². The molecule has 2 heterocycles. The molecule has 2 fully saturated rings. The van der Waals surface area contributed by atoms with Gasteiger partial charge in [-0.2, -0.15) is 0 Å². The second-order valence-corrected chi connectivity index (χ2v) is 8.43. The third-order valence-corrected chi connectivity index (χ3v) is 6.32. The van der Waals surface area contributed by atoms with E-state index >= 15 is 0 Å². The maximum absolute atomic E-state index is 13.0. The van der Waals surface area contributed by atoms with Gasteiger partial charge >= 0.3 is 0 Å². The van der Waals surface area contributed by atoms with E-state index in [-0.39, 0.29) is 12.0 Å². The second-order valence-electron chi connectivity index (χ2n) is 8.43. The Morgan fingerprint density at radius 2 is 1.53 bits per heavy atom. The van der Waals surface area contributed by atoms with E-state index in [9.17, 15) is 9.59 Å². The summed E-state index contributed by atoms with van der Waals surface area (Å²) >= 11 is 0. The Kier molecular flexibility index (Phi) is 6.36. The van der Waals surface area contributed by atoms with Gasteiger partial charge in [0.1, 0.15) is 18.1 Å². The Balaban J connectivity index is 1.23. The lowest BCUT2D eigenvalue weighted by molar-refractivity contribution is -0.138. The number of carbonyl (C=O) groups excluding carboxylic acids is 2. The summed E-state index contributed by atoms with van der Waals surface area (Å²) in [5.41, 5.74) is 3.05. The van der Waals surface area contributed by atoms with Crippen molar-refractivity contribution in [3.05, 3.63) is 59.7 Å². The summed E-state index contributed by atoms with van der Waals surface area (Å²) in [6.45, 7) is 5.39. The van der Waals surface area contributed by atoms with E-state index in [1.54, 1.807) is 0 Å². The number of carbonyl (C=O) groups is 2. The smallest absolute Gasteiger partial charge is 0.225 e. The van der Waals surface area contributed by atoms with E-state index in [0.29, 0.717) is 11.5 Å². The highest BCUT2D eigenvalue weighted by atomic mass is 16.5. The molecule has 1 amide bonds. The van der Waals surface area contributed by atoms with Gasteiger partial charge in [-0.15, -0.1) is 0 Å². The lowest BCUT2D eigenvalue weighted by Gasteiger charge is -2.38. The first kappa shape index (κ1) is 20.5. The van der Waals surface area contributed by atoms with Crippen molar-refractivity contribution < 1.29 is 14.3 Å². The largest absolute Gasteiger partial charge is 0.490 e. The standard InChI is InChI=1S/C25H30N2O3/c1-19-2-8-23(9-3-19)30-24-12-16-27(17-13-24)25(29)21-10-14-26(15-11-21)22-6-4-20(18-28)5-7-22/h2-9,18,21,24H,10-17H2,1H3. The molecular weight excluding hydrogens is 376 g/mol. The molecule has 2 aliphatic heterocycles. The molecule has 2 aromatic carbocycles. The summed E-state index contributed by atoms with van der Waals surface area (Å²) < 4.78 is 6.10. The molecular formula is C25H30N2O3. The number of nitrogens with zero attached hydrogens (tertiary/aromatic N) is 2. The predicted molar refractivity (Wildman–Crippen MR) is 118 cm³/mol. The summed E-state index contributed by atoms with van der Waals surface area (Å²) in [6, 6.07) is 15.9. The van der Waals surface area contributed by atoms with Crippen LogP contribution in [0.1, 0.15) is 41.6 Å². The second kappa shape index (κ2) is 9.33. The summed E-state index contributed by atoms with van der Waals surface area (Å²) in [6.07, 6.45) is 4.60. The monoisotopic (exact) mass is 406 g/mol. The normalized spacial score (nSPS) is 18.3. The van der Waals surface area contributed by atoms with Crippen LogP contribution in [0.5, 0.6) is 5.75 Å². The SMILES string of the molecule is Cc1ccc(OC2CCN(C(=O)C3CCN(c4ccc(C=O)cc4)CC3)CC2)cc1. The van der Waals surface area contributed by atoms with Crippen LogP contribution < -0.4 is 9.64 Å². The molecule has 0 spiro atoms. The molecule has 2 aromatic rings. The maximum Gasteiger partial charge on any atom is 0.225 e. The molecule has 4 rings (SSSR count). The summed E-state index contributed by atoms with van der Waals surface area (Å²) in [5, 5.41) is 0. The van der Waals surface area contributed by atoms with E-state index in [4.69, 9.17) is 4.74 Å². The molecule has 0 N–H and O–H groups in total. The van der Waals surface area contributed by atoms with Crippen LogP contribution in [0.25, 0.3) is 0 Å². The summed E-state index contributed by atoms with van der Waals surface area (Å²) in [4.78, 5) is 28.2. The van der Waals surface area contributed by atoms with Crippen LogP contribution in [0.2, 0.25) is 0 Å². The van der Waals surface area contributed by atoms with Gasteiger partial charge < -0.3 is 14.5 Å². The number of hydrogen-bond donors (Lipinski definition) is 0. The first-order chi connectivity index (χ1) is 14.6. The van der Waals surface area contributed by atoms with Gasteiger partial charge in [0.25, 0.3) is 0 Å². The van der Waals surface area contributed by atoms with Gasteiger partial charge in [0, 0.05) is 56.2 Å². The molecule has 0 bridgehead atoms. The van der Waals surface area contributed by atoms with E-state index in [0.717, 1.165) is 69.6 Å². The van der Waals surface area contributed by atoms with Gasteiger partial charge in [-0.1, -0.05) is 17.7 Å². The van der Waals surface area contributed by atoms with Gasteiger partial charge in [0.05, 0.1) is 0 Å². The van der Waals surface area contributed by atoms with Crippen molar-refractivity contribution in [2.75, 3.05) is 31.1 Å². The molecule has 5 nitrogen and oxygen atoms in total. The van der Waals surface area contributed by atoms with Crippen LogP contribution in [0, 0.1) is 12.8 Å². The topological polar surface area (TPSA) is 49.9 Å². The highest BCUT2D eigenvalue weighted by molar-refractivity contribution is 5.79. The van der Waals surface area contributed by atoms with Crippen LogP contribution in [0.3, 0.4) is 0 Å². The highest BCUT2D eigenvalue weighted by Gasteiger charge is 2.31. The molecule has 30 heavy (non-hydrogen) atoms. The van der Waals surface area contributed by atoms with E-state index in [2.05, 4.69) is 24.0 Å². The number of hydrogen-bond acceptors (Lipinski definition) is 4. The van der Waals surface area contributed by atoms with Crippen molar-refractivity contribution in [2.24, 2.45) is 5.92 Å².